The molecule has 1 nitrogen and oxygen atoms in total. The van der Waals surface area contributed by atoms with Crippen LogP contribution in [0.25, 0.3) is 11.1 Å². The van der Waals surface area contributed by atoms with Gasteiger partial charge in [-0.25, -0.2) is 0 Å². The third-order valence-electron chi connectivity index (χ3n) is 2.21. The van der Waals surface area contributed by atoms with Crippen molar-refractivity contribution in [1.82, 2.24) is 0 Å². The van der Waals surface area contributed by atoms with Gasteiger partial charge in [0.25, 0.3) is 0 Å². The van der Waals surface area contributed by atoms with Crippen LogP contribution in [0.5, 0.6) is 5.75 Å². The van der Waals surface area contributed by atoms with E-state index in [2.05, 4.69) is 11.3 Å². The Morgan fingerprint density at radius 3 is 2.80 bits per heavy atom. The number of hydrogen-bond acceptors (Lipinski definition) is 2. The van der Waals surface area contributed by atoms with Gasteiger partial charge in [-0.05, 0) is 34.5 Å². The highest BCUT2D eigenvalue weighted by molar-refractivity contribution is 7.08. The lowest BCUT2D eigenvalue weighted by atomic mass is 10.0. The van der Waals surface area contributed by atoms with Gasteiger partial charge in [0.2, 0.25) is 0 Å². The molecule has 0 saturated heterocycles. The first-order valence-corrected chi connectivity index (χ1v) is 5.47. The number of rotatable bonds is 2. The van der Waals surface area contributed by atoms with Crippen LogP contribution in [0, 0.1) is 12.3 Å². The van der Waals surface area contributed by atoms with E-state index < -0.39 is 0 Å². The third kappa shape index (κ3) is 1.74. The van der Waals surface area contributed by atoms with Crippen LogP contribution in [-0.2, 0) is 0 Å². The second kappa shape index (κ2) is 4.20. The third-order valence-corrected chi connectivity index (χ3v) is 2.89. The van der Waals surface area contributed by atoms with Crippen LogP contribution in [0.4, 0.5) is 0 Å². The monoisotopic (exact) mass is 214 g/mol. The predicted molar refractivity (Wildman–Crippen MR) is 64.2 cm³/mol. The summed E-state index contributed by atoms with van der Waals surface area (Å²) in [5, 5.41) is 4.10. The number of hydrogen-bond donors (Lipinski definition) is 0. The Balaban J connectivity index is 2.67. The van der Waals surface area contributed by atoms with Gasteiger partial charge in [0.05, 0.1) is 7.11 Å². The highest BCUT2D eigenvalue weighted by Gasteiger charge is 2.09. The smallest absolute Gasteiger partial charge is 0.127 e. The lowest BCUT2D eigenvalue weighted by molar-refractivity contribution is 0.416. The molecule has 0 atom stereocenters. The zero-order valence-electron chi connectivity index (χ0n) is 8.36. The number of benzene rings is 1. The Morgan fingerprint density at radius 1 is 1.33 bits per heavy atom. The van der Waals surface area contributed by atoms with Crippen molar-refractivity contribution < 1.29 is 4.74 Å². The van der Waals surface area contributed by atoms with Gasteiger partial charge in [-0.15, -0.1) is 6.42 Å². The molecule has 0 unspecified atom stereocenters. The van der Waals surface area contributed by atoms with Crippen LogP contribution in [0.3, 0.4) is 0 Å². The molecule has 0 radical (unpaired) electrons. The molecule has 0 aliphatic carbocycles. The lowest BCUT2D eigenvalue weighted by Gasteiger charge is -2.08. The summed E-state index contributed by atoms with van der Waals surface area (Å²) < 4.78 is 5.32. The average molecular weight is 214 g/mol. The zero-order valence-corrected chi connectivity index (χ0v) is 9.17. The quantitative estimate of drug-likeness (QED) is 0.696. The van der Waals surface area contributed by atoms with Crippen LogP contribution in [-0.4, -0.2) is 7.11 Å². The van der Waals surface area contributed by atoms with Crippen molar-refractivity contribution in [3.8, 4) is 29.2 Å². The molecule has 2 heteroatoms. The van der Waals surface area contributed by atoms with Crippen molar-refractivity contribution in [1.29, 1.82) is 0 Å². The summed E-state index contributed by atoms with van der Waals surface area (Å²) in [7, 11) is 1.66. The van der Waals surface area contributed by atoms with E-state index in [1.54, 1.807) is 18.4 Å². The second-order valence-corrected chi connectivity index (χ2v) is 3.82. The number of thiophene rings is 1. The van der Waals surface area contributed by atoms with E-state index in [0.717, 1.165) is 22.4 Å². The molecule has 2 rings (SSSR count). The van der Waals surface area contributed by atoms with Crippen LogP contribution < -0.4 is 4.74 Å². The van der Waals surface area contributed by atoms with Crippen LogP contribution in [0.2, 0.25) is 0 Å². The lowest BCUT2D eigenvalue weighted by Crippen LogP contribution is -1.90. The average Bonchev–Trinajstić information content (AvgIpc) is 2.81. The van der Waals surface area contributed by atoms with Gasteiger partial charge in [-0.3, -0.25) is 0 Å². The minimum absolute atomic E-state index is 0.823. The van der Waals surface area contributed by atoms with Gasteiger partial charge in [0, 0.05) is 11.1 Å². The Morgan fingerprint density at radius 2 is 2.20 bits per heavy atom. The molecule has 0 fully saturated rings. The molecule has 2 aromatic rings. The summed E-state index contributed by atoms with van der Waals surface area (Å²) in [6.07, 6.45) is 5.48. The van der Waals surface area contributed by atoms with Crippen LogP contribution in [0.15, 0.2) is 35.0 Å². The predicted octanol–water partition coefficient (Wildman–Crippen LogP) is 3.41. The Bertz CT molecular complexity index is 492. The summed E-state index contributed by atoms with van der Waals surface area (Å²) in [5.41, 5.74) is 2.99. The van der Waals surface area contributed by atoms with Crippen molar-refractivity contribution in [2.24, 2.45) is 0 Å². The summed E-state index contributed by atoms with van der Waals surface area (Å²) in [6.45, 7) is 0. The minimum atomic E-state index is 0.823. The van der Waals surface area contributed by atoms with Crippen molar-refractivity contribution >= 4 is 11.3 Å². The van der Waals surface area contributed by atoms with E-state index in [9.17, 15) is 0 Å². The van der Waals surface area contributed by atoms with E-state index in [1.165, 1.54) is 0 Å². The van der Waals surface area contributed by atoms with Crippen molar-refractivity contribution in [2.45, 2.75) is 0 Å². The van der Waals surface area contributed by atoms with Crippen LogP contribution >= 0.6 is 11.3 Å². The highest BCUT2D eigenvalue weighted by atomic mass is 32.1. The van der Waals surface area contributed by atoms with Crippen LogP contribution in [0.1, 0.15) is 5.56 Å². The normalized spacial score (nSPS) is 9.60. The molecular formula is C13H10OS. The standard InChI is InChI=1S/C13H10OS/c1-3-10-5-4-6-12(14-2)13(10)11-7-8-15-9-11/h1,4-9H,2H3. The summed E-state index contributed by atoms with van der Waals surface area (Å²) in [4.78, 5) is 0. The van der Waals surface area contributed by atoms with Gasteiger partial charge in [0.15, 0.2) is 0 Å². The topological polar surface area (TPSA) is 9.23 Å². The molecule has 0 aliphatic heterocycles. The van der Waals surface area contributed by atoms with Gasteiger partial charge in [0.1, 0.15) is 5.75 Å². The zero-order chi connectivity index (χ0) is 10.7. The second-order valence-electron chi connectivity index (χ2n) is 3.04. The molecule has 0 bridgehead atoms. The maximum atomic E-state index is 5.48. The largest absolute Gasteiger partial charge is 0.496 e. The fourth-order valence-corrected chi connectivity index (χ4v) is 2.17. The van der Waals surface area contributed by atoms with Crippen molar-refractivity contribution in [2.75, 3.05) is 7.11 Å². The maximum absolute atomic E-state index is 5.48. The molecule has 0 N–H and O–H groups in total. The molecule has 0 amide bonds. The molecule has 15 heavy (non-hydrogen) atoms. The maximum Gasteiger partial charge on any atom is 0.127 e. The molecule has 0 aliphatic rings. The molecule has 74 valence electrons. The van der Waals surface area contributed by atoms with E-state index >= 15 is 0 Å². The van der Waals surface area contributed by atoms with Gasteiger partial charge in [-0.1, -0.05) is 12.0 Å². The van der Waals surface area contributed by atoms with E-state index in [4.69, 9.17) is 11.2 Å². The Kier molecular flexibility index (Phi) is 2.75. The van der Waals surface area contributed by atoms with Gasteiger partial charge < -0.3 is 4.74 Å². The number of ether oxygens (including phenoxy) is 1. The fourth-order valence-electron chi connectivity index (χ4n) is 1.53. The summed E-state index contributed by atoms with van der Waals surface area (Å²) in [5.74, 6) is 3.51. The number of methoxy groups -OCH3 is 1. The molecule has 1 aromatic heterocycles. The van der Waals surface area contributed by atoms with Crippen molar-refractivity contribution in [3.63, 3.8) is 0 Å². The molecule has 0 spiro atoms. The molecule has 1 aromatic carbocycles. The van der Waals surface area contributed by atoms with Crippen molar-refractivity contribution in [3.05, 3.63) is 40.6 Å². The van der Waals surface area contributed by atoms with E-state index in [1.807, 2.05) is 29.6 Å². The summed E-state index contributed by atoms with van der Waals surface area (Å²) >= 11 is 1.65. The molecule has 0 saturated carbocycles. The van der Waals surface area contributed by atoms with Gasteiger partial charge >= 0.3 is 0 Å². The fraction of sp³-hybridized carbons (Fsp3) is 0.0769. The van der Waals surface area contributed by atoms with E-state index in [-0.39, 0.29) is 0 Å². The van der Waals surface area contributed by atoms with E-state index in [0.29, 0.717) is 0 Å². The summed E-state index contributed by atoms with van der Waals surface area (Å²) in [6, 6.07) is 7.80. The number of terminal acetylenes is 1. The Hall–Kier alpha value is -1.72. The Labute approximate surface area is 93.3 Å². The molecule has 1 heterocycles. The first-order valence-electron chi connectivity index (χ1n) is 4.53. The SMILES string of the molecule is C#Cc1cccc(OC)c1-c1ccsc1. The molecular weight excluding hydrogens is 204 g/mol. The minimum Gasteiger partial charge on any atom is -0.496 e. The first kappa shape index (κ1) is 9.82. The first-order chi connectivity index (χ1) is 7.36. The van der Waals surface area contributed by atoms with Gasteiger partial charge in [-0.2, -0.15) is 11.3 Å². The highest BCUT2D eigenvalue weighted by Crippen LogP contribution is 2.34.